The number of furan rings is 1. The first-order chi connectivity index (χ1) is 8.70. The lowest BCUT2D eigenvalue weighted by atomic mass is 10.1. The van der Waals surface area contributed by atoms with Crippen LogP contribution >= 0.6 is 11.6 Å². The molecule has 0 saturated heterocycles. The molecule has 18 heavy (non-hydrogen) atoms. The molecule has 0 saturated carbocycles. The molecule has 1 atom stereocenters. The van der Waals surface area contributed by atoms with Crippen LogP contribution in [0.15, 0.2) is 41.0 Å². The minimum Gasteiger partial charge on any atom is -0.496 e. The Labute approximate surface area is 112 Å². The van der Waals surface area contributed by atoms with Gasteiger partial charge in [-0.1, -0.05) is 11.6 Å². The number of hydrogen-bond acceptors (Lipinski definition) is 3. The Kier molecular flexibility index (Phi) is 4.28. The highest BCUT2D eigenvalue weighted by atomic mass is 35.5. The molecule has 2 rings (SSSR count). The maximum Gasteiger partial charge on any atom is 0.123 e. The van der Waals surface area contributed by atoms with Gasteiger partial charge in [-0.15, -0.1) is 0 Å². The summed E-state index contributed by atoms with van der Waals surface area (Å²) in [7, 11) is 1.66. The summed E-state index contributed by atoms with van der Waals surface area (Å²) in [5.74, 6) is 1.74. The van der Waals surface area contributed by atoms with E-state index in [1.54, 1.807) is 13.4 Å². The van der Waals surface area contributed by atoms with Gasteiger partial charge in [0.05, 0.1) is 19.9 Å². The zero-order valence-electron chi connectivity index (χ0n) is 10.4. The Morgan fingerprint density at radius 3 is 2.89 bits per heavy atom. The monoisotopic (exact) mass is 265 g/mol. The number of rotatable bonds is 5. The smallest absolute Gasteiger partial charge is 0.123 e. The average molecular weight is 266 g/mol. The summed E-state index contributed by atoms with van der Waals surface area (Å²) in [6.07, 6.45) is 1.67. The number of hydrogen-bond donors (Lipinski definition) is 1. The van der Waals surface area contributed by atoms with E-state index >= 15 is 0 Å². The standard InChI is InChI=1S/C14H16ClNO2/c1-10(16-9-12-4-3-7-18-12)13-8-11(15)5-6-14(13)17-2/h3-8,10,16H,9H2,1-2H3/t10-/m1/s1. The van der Waals surface area contributed by atoms with E-state index in [1.165, 1.54) is 0 Å². The van der Waals surface area contributed by atoms with Crippen molar-refractivity contribution in [2.75, 3.05) is 7.11 Å². The Morgan fingerprint density at radius 2 is 2.22 bits per heavy atom. The second kappa shape index (κ2) is 5.94. The normalized spacial score (nSPS) is 12.4. The second-order valence-corrected chi connectivity index (χ2v) is 4.50. The molecule has 1 aromatic heterocycles. The van der Waals surface area contributed by atoms with E-state index in [2.05, 4.69) is 12.2 Å². The lowest BCUT2D eigenvalue weighted by molar-refractivity contribution is 0.398. The Hall–Kier alpha value is -1.45. The second-order valence-electron chi connectivity index (χ2n) is 4.07. The van der Waals surface area contributed by atoms with Crippen LogP contribution in [0.3, 0.4) is 0 Å². The molecule has 1 heterocycles. The zero-order chi connectivity index (χ0) is 13.0. The lowest BCUT2D eigenvalue weighted by Crippen LogP contribution is -2.18. The fraction of sp³-hybridized carbons (Fsp3) is 0.286. The van der Waals surface area contributed by atoms with Gasteiger partial charge < -0.3 is 14.5 Å². The molecule has 4 heteroatoms. The van der Waals surface area contributed by atoms with Crippen molar-refractivity contribution < 1.29 is 9.15 Å². The molecule has 2 aromatic rings. The number of ether oxygens (including phenoxy) is 1. The molecule has 0 amide bonds. The minimum atomic E-state index is 0.128. The summed E-state index contributed by atoms with van der Waals surface area (Å²) < 4.78 is 10.6. The summed E-state index contributed by atoms with van der Waals surface area (Å²) >= 11 is 6.02. The van der Waals surface area contributed by atoms with Crippen molar-refractivity contribution in [2.45, 2.75) is 19.5 Å². The molecule has 0 fully saturated rings. The van der Waals surface area contributed by atoms with Gasteiger partial charge in [-0.05, 0) is 37.3 Å². The molecule has 1 aromatic carbocycles. The van der Waals surface area contributed by atoms with Gasteiger partial charge in [0.2, 0.25) is 0 Å². The minimum absolute atomic E-state index is 0.128. The van der Waals surface area contributed by atoms with Crippen molar-refractivity contribution in [1.82, 2.24) is 5.32 Å². The van der Waals surface area contributed by atoms with Crippen molar-refractivity contribution in [3.63, 3.8) is 0 Å². The Balaban J connectivity index is 2.08. The van der Waals surface area contributed by atoms with Gasteiger partial charge >= 0.3 is 0 Å². The van der Waals surface area contributed by atoms with Gasteiger partial charge in [0.25, 0.3) is 0 Å². The van der Waals surface area contributed by atoms with Crippen LogP contribution in [0.1, 0.15) is 24.3 Å². The van der Waals surface area contributed by atoms with E-state index in [-0.39, 0.29) is 6.04 Å². The third-order valence-electron chi connectivity index (χ3n) is 2.82. The van der Waals surface area contributed by atoms with Crippen molar-refractivity contribution >= 4 is 11.6 Å². The van der Waals surface area contributed by atoms with Gasteiger partial charge in [0.15, 0.2) is 0 Å². The van der Waals surface area contributed by atoms with E-state index in [1.807, 2.05) is 30.3 Å². The van der Waals surface area contributed by atoms with Crippen LogP contribution in [0.2, 0.25) is 5.02 Å². The van der Waals surface area contributed by atoms with Crippen molar-refractivity contribution in [3.05, 3.63) is 52.9 Å². The topological polar surface area (TPSA) is 34.4 Å². The highest BCUT2D eigenvalue weighted by Crippen LogP contribution is 2.28. The highest BCUT2D eigenvalue weighted by Gasteiger charge is 2.12. The third-order valence-corrected chi connectivity index (χ3v) is 3.06. The van der Waals surface area contributed by atoms with Crippen LogP contribution in [0, 0.1) is 0 Å². The number of benzene rings is 1. The maximum absolute atomic E-state index is 6.02. The molecule has 0 radical (unpaired) electrons. The van der Waals surface area contributed by atoms with Gasteiger partial charge in [0, 0.05) is 16.6 Å². The first kappa shape index (κ1) is 13.0. The fourth-order valence-corrected chi connectivity index (χ4v) is 2.00. The molecule has 0 aliphatic rings. The molecule has 3 nitrogen and oxygen atoms in total. The zero-order valence-corrected chi connectivity index (χ0v) is 11.2. The predicted octanol–water partition coefficient (Wildman–Crippen LogP) is 3.79. The first-order valence-electron chi connectivity index (χ1n) is 5.80. The van der Waals surface area contributed by atoms with Gasteiger partial charge in [-0.3, -0.25) is 0 Å². The van der Waals surface area contributed by atoms with Crippen LogP contribution in [-0.4, -0.2) is 7.11 Å². The summed E-state index contributed by atoms with van der Waals surface area (Å²) in [5, 5.41) is 4.08. The van der Waals surface area contributed by atoms with Crippen molar-refractivity contribution in [3.8, 4) is 5.75 Å². The van der Waals surface area contributed by atoms with Crippen LogP contribution in [0.4, 0.5) is 0 Å². The molecule has 0 bridgehead atoms. The van der Waals surface area contributed by atoms with E-state index < -0.39 is 0 Å². The molecule has 0 unspecified atom stereocenters. The van der Waals surface area contributed by atoms with Crippen LogP contribution in [0.25, 0.3) is 0 Å². The molecular formula is C14H16ClNO2. The molecule has 0 spiro atoms. The Morgan fingerprint density at radius 1 is 1.39 bits per heavy atom. The molecule has 0 aliphatic heterocycles. The van der Waals surface area contributed by atoms with E-state index in [0.717, 1.165) is 17.1 Å². The van der Waals surface area contributed by atoms with E-state index in [0.29, 0.717) is 11.6 Å². The summed E-state index contributed by atoms with van der Waals surface area (Å²) in [4.78, 5) is 0. The summed E-state index contributed by atoms with van der Waals surface area (Å²) in [6.45, 7) is 2.74. The first-order valence-corrected chi connectivity index (χ1v) is 6.17. The van der Waals surface area contributed by atoms with Gasteiger partial charge in [0.1, 0.15) is 11.5 Å². The number of nitrogens with one attached hydrogen (secondary N) is 1. The SMILES string of the molecule is COc1ccc(Cl)cc1[C@@H](C)NCc1ccco1. The largest absolute Gasteiger partial charge is 0.496 e. The van der Waals surface area contributed by atoms with E-state index in [9.17, 15) is 0 Å². The lowest BCUT2D eigenvalue weighted by Gasteiger charge is -2.17. The van der Waals surface area contributed by atoms with Crippen molar-refractivity contribution in [1.29, 1.82) is 0 Å². The van der Waals surface area contributed by atoms with Crippen LogP contribution in [0.5, 0.6) is 5.75 Å². The highest BCUT2D eigenvalue weighted by molar-refractivity contribution is 6.30. The van der Waals surface area contributed by atoms with Crippen LogP contribution in [-0.2, 0) is 6.54 Å². The molecule has 0 aliphatic carbocycles. The Bertz CT molecular complexity index is 497. The van der Waals surface area contributed by atoms with Gasteiger partial charge in [-0.25, -0.2) is 0 Å². The van der Waals surface area contributed by atoms with Crippen molar-refractivity contribution in [2.24, 2.45) is 0 Å². The van der Waals surface area contributed by atoms with Gasteiger partial charge in [-0.2, -0.15) is 0 Å². The number of halogens is 1. The fourth-order valence-electron chi connectivity index (χ4n) is 1.82. The quantitative estimate of drug-likeness (QED) is 0.893. The molecule has 1 N–H and O–H groups in total. The van der Waals surface area contributed by atoms with E-state index in [4.69, 9.17) is 20.8 Å². The molecule has 96 valence electrons. The summed E-state index contributed by atoms with van der Waals surface area (Å²) in [6, 6.07) is 9.56. The number of methoxy groups -OCH3 is 1. The third kappa shape index (κ3) is 3.06. The maximum atomic E-state index is 6.02. The predicted molar refractivity (Wildman–Crippen MR) is 72.0 cm³/mol. The summed E-state index contributed by atoms with van der Waals surface area (Å²) in [5.41, 5.74) is 1.04. The molecular weight excluding hydrogens is 250 g/mol. The van der Waals surface area contributed by atoms with Crippen LogP contribution < -0.4 is 10.1 Å². The average Bonchev–Trinajstić information content (AvgIpc) is 2.89.